The predicted molar refractivity (Wildman–Crippen MR) is 113 cm³/mol. The van der Waals surface area contributed by atoms with Crippen molar-refractivity contribution in [2.24, 2.45) is 0 Å². The van der Waals surface area contributed by atoms with Crippen LogP contribution in [0.3, 0.4) is 0 Å². The van der Waals surface area contributed by atoms with Crippen molar-refractivity contribution < 1.29 is 4.79 Å². The highest BCUT2D eigenvalue weighted by Gasteiger charge is 2.13. The molecule has 0 amide bonds. The number of ketones is 1. The van der Waals surface area contributed by atoms with Gasteiger partial charge < -0.3 is 0 Å². The molecule has 0 unspecified atom stereocenters. The van der Waals surface area contributed by atoms with E-state index in [4.69, 9.17) is 11.6 Å². The Bertz CT molecular complexity index is 909. The van der Waals surface area contributed by atoms with Crippen molar-refractivity contribution in [3.8, 4) is 0 Å². The second-order valence-electron chi connectivity index (χ2n) is 5.55. The zero-order valence-electron chi connectivity index (χ0n) is 13.7. The first kappa shape index (κ1) is 18.9. The van der Waals surface area contributed by atoms with Gasteiger partial charge in [0.15, 0.2) is 5.78 Å². The van der Waals surface area contributed by atoms with Crippen molar-refractivity contribution in [1.29, 1.82) is 0 Å². The number of benzene rings is 2. The van der Waals surface area contributed by atoms with E-state index in [0.717, 1.165) is 15.6 Å². The normalized spacial score (nSPS) is 11.4. The molecule has 3 rings (SSSR count). The third kappa shape index (κ3) is 5.31. The van der Waals surface area contributed by atoms with Crippen LogP contribution in [0.5, 0.6) is 0 Å². The Kier molecular flexibility index (Phi) is 6.67. The molecule has 0 saturated carbocycles. The van der Waals surface area contributed by atoms with Gasteiger partial charge >= 0.3 is 0 Å². The lowest BCUT2D eigenvalue weighted by atomic mass is 10.1. The molecular formula is C21H15BrClNOS. The van der Waals surface area contributed by atoms with Crippen LogP contribution in [-0.4, -0.2) is 10.8 Å². The van der Waals surface area contributed by atoms with Gasteiger partial charge in [-0.25, -0.2) is 0 Å². The van der Waals surface area contributed by atoms with Crippen LogP contribution in [-0.2, 0) is 5.75 Å². The van der Waals surface area contributed by atoms with E-state index >= 15 is 0 Å². The van der Waals surface area contributed by atoms with E-state index in [-0.39, 0.29) is 5.78 Å². The Morgan fingerprint density at radius 2 is 1.81 bits per heavy atom. The average molecular weight is 445 g/mol. The fourth-order valence-electron chi connectivity index (χ4n) is 2.27. The first-order valence-corrected chi connectivity index (χ1v) is 10.1. The number of aromatic nitrogens is 1. The summed E-state index contributed by atoms with van der Waals surface area (Å²) in [5, 5.41) is 0.704. The summed E-state index contributed by atoms with van der Waals surface area (Å²) in [6.45, 7) is 0. The number of rotatable bonds is 6. The zero-order chi connectivity index (χ0) is 18.4. The fourth-order valence-corrected chi connectivity index (χ4v) is 3.64. The number of carbonyl (C=O) groups is 1. The molecule has 0 atom stereocenters. The van der Waals surface area contributed by atoms with Gasteiger partial charge in [-0.15, -0.1) is 11.8 Å². The lowest BCUT2D eigenvalue weighted by molar-refractivity contribution is 0.104. The molecule has 1 aromatic heterocycles. The number of pyridine rings is 1. The quantitative estimate of drug-likeness (QED) is 0.315. The minimum Gasteiger partial charge on any atom is -0.288 e. The maximum atomic E-state index is 13.0. The Morgan fingerprint density at radius 1 is 1.08 bits per heavy atom. The van der Waals surface area contributed by atoms with E-state index < -0.39 is 0 Å². The van der Waals surface area contributed by atoms with E-state index in [1.165, 1.54) is 11.8 Å². The predicted octanol–water partition coefficient (Wildman–Crippen LogP) is 6.65. The summed E-state index contributed by atoms with van der Waals surface area (Å²) in [5.74, 6) is 0.686. The van der Waals surface area contributed by atoms with E-state index in [2.05, 4.69) is 20.9 Å². The third-order valence-corrected chi connectivity index (χ3v) is 5.49. The number of hydrogen-bond acceptors (Lipinski definition) is 3. The van der Waals surface area contributed by atoms with Gasteiger partial charge in [-0.2, -0.15) is 0 Å². The second kappa shape index (κ2) is 9.17. The molecule has 0 fully saturated rings. The number of carbonyl (C=O) groups excluding carboxylic acids is 1. The first-order chi connectivity index (χ1) is 12.6. The summed E-state index contributed by atoms with van der Waals surface area (Å²) in [4.78, 5) is 17.8. The highest BCUT2D eigenvalue weighted by Crippen LogP contribution is 2.28. The van der Waals surface area contributed by atoms with Gasteiger partial charge in [-0.3, -0.25) is 9.78 Å². The standard InChI is InChI=1S/C21H15BrClNOS/c22-18-7-5-17(6-8-18)21(25)20(12-16-2-1-11-24-13-16)26-14-15-3-9-19(23)10-4-15/h1-13H,14H2/b20-12+. The van der Waals surface area contributed by atoms with Crippen LogP contribution in [0.25, 0.3) is 6.08 Å². The first-order valence-electron chi connectivity index (χ1n) is 7.91. The minimum absolute atomic E-state index is 0.000293. The maximum absolute atomic E-state index is 13.0. The summed E-state index contributed by atoms with van der Waals surface area (Å²) < 4.78 is 0.945. The van der Waals surface area contributed by atoms with Crippen LogP contribution in [0.2, 0.25) is 5.02 Å². The molecule has 0 aliphatic carbocycles. The molecule has 130 valence electrons. The largest absolute Gasteiger partial charge is 0.288 e. The average Bonchev–Trinajstić information content (AvgIpc) is 2.67. The van der Waals surface area contributed by atoms with E-state index in [0.29, 0.717) is 21.2 Å². The molecule has 0 saturated heterocycles. The second-order valence-corrected chi connectivity index (χ2v) is 7.92. The molecule has 1 heterocycles. The molecule has 2 aromatic carbocycles. The van der Waals surface area contributed by atoms with Crippen LogP contribution in [0.15, 0.2) is 82.4 Å². The monoisotopic (exact) mass is 443 g/mol. The van der Waals surface area contributed by atoms with Gasteiger partial charge in [0.1, 0.15) is 0 Å². The Balaban J connectivity index is 1.86. The molecule has 0 radical (unpaired) electrons. The van der Waals surface area contributed by atoms with Gasteiger partial charge in [0.05, 0.1) is 4.91 Å². The number of nitrogens with zero attached hydrogens (tertiary/aromatic N) is 1. The number of Topliss-reactive ketones (excluding diaryl/α,β-unsaturated/α-hetero) is 1. The molecule has 5 heteroatoms. The van der Waals surface area contributed by atoms with Crippen molar-refractivity contribution in [1.82, 2.24) is 4.98 Å². The lowest BCUT2D eigenvalue weighted by Crippen LogP contribution is -2.01. The van der Waals surface area contributed by atoms with Crippen LogP contribution in [0, 0.1) is 0 Å². The number of hydrogen-bond donors (Lipinski definition) is 0. The van der Waals surface area contributed by atoms with Crippen molar-refractivity contribution in [3.63, 3.8) is 0 Å². The maximum Gasteiger partial charge on any atom is 0.199 e. The van der Waals surface area contributed by atoms with Gasteiger partial charge in [0, 0.05) is 33.2 Å². The van der Waals surface area contributed by atoms with E-state index in [1.54, 1.807) is 12.4 Å². The summed E-state index contributed by atoms with van der Waals surface area (Å²) >= 11 is 10.9. The molecule has 26 heavy (non-hydrogen) atoms. The fraction of sp³-hybridized carbons (Fsp3) is 0.0476. The summed E-state index contributed by atoms with van der Waals surface area (Å²) in [7, 11) is 0. The zero-order valence-corrected chi connectivity index (χ0v) is 16.9. The Morgan fingerprint density at radius 3 is 2.46 bits per heavy atom. The third-order valence-electron chi connectivity index (χ3n) is 3.62. The lowest BCUT2D eigenvalue weighted by Gasteiger charge is -2.08. The molecule has 0 N–H and O–H groups in total. The van der Waals surface area contributed by atoms with Crippen molar-refractivity contribution in [2.45, 2.75) is 5.75 Å². The number of halogens is 2. The minimum atomic E-state index is 0.000293. The molecule has 0 aliphatic heterocycles. The van der Waals surface area contributed by atoms with Gasteiger partial charge in [-0.1, -0.05) is 45.7 Å². The van der Waals surface area contributed by atoms with Gasteiger partial charge in [0.25, 0.3) is 0 Å². The molecule has 0 bridgehead atoms. The molecular weight excluding hydrogens is 430 g/mol. The molecule has 2 nitrogen and oxygen atoms in total. The van der Waals surface area contributed by atoms with Crippen LogP contribution >= 0.6 is 39.3 Å². The summed E-state index contributed by atoms with van der Waals surface area (Å²) in [6.07, 6.45) is 5.35. The van der Waals surface area contributed by atoms with Crippen molar-refractivity contribution >= 4 is 51.2 Å². The molecule has 0 aliphatic rings. The van der Waals surface area contributed by atoms with Crippen LogP contribution < -0.4 is 0 Å². The Hall–Kier alpha value is -1.88. The summed E-state index contributed by atoms with van der Waals surface area (Å²) in [6, 6.07) is 18.9. The van der Waals surface area contributed by atoms with Gasteiger partial charge in [-0.05, 0) is 59.7 Å². The highest BCUT2D eigenvalue weighted by atomic mass is 79.9. The smallest absolute Gasteiger partial charge is 0.199 e. The highest BCUT2D eigenvalue weighted by molar-refractivity contribution is 9.10. The topological polar surface area (TPSA) is 30.0 Å². The van der Waals surface area contributed by atoms with Crippen molar-refractivity contribution in [2.75, 3.05) is 0 Å². The summed E-state index contributed by atoms with van der Waals surface area (Å²) in [5.41, 5.74) is 2.67. The van der Waals surface area contributed by atoms with E-state index in [9.17, 15) is 4.79 Å². The van der Waals surface area contributed by atoms with Crippen LogP contribution in [0.4, 0.5) is 0 Å². The van der Waals surface area contributed by atoms with E-state index in [1.807, 2.05) is 66.7 Å². The molecule has 3 aromatic rings. The number of allylic oxidation sites excluding steroid dienone is 1. The number of thioether (sulfide) groups is 1. The van der Waals surface area contributed by atoms with Gasteiger partial charge in [0.2, 0.25) is 0 Å². The Labute approximate surface area is 170 Å². The van der Waals surface area contributed by atoms with Crippen LogP contribution in [0.1, 0.15) is 21.5 Å². The molecule has 0 spiro atoms. The van der Waals surface area contributed by atoms with Crippen molar-refractivity contribution in [3.05, 3.63) is 104 Å². The SMILES string of the molecule is O=C(/C(=C\c1cccnc1)SCc1ccc(Cl)cc1)c1ccc(Br)cc1.